The van der Waals surface area contributed by atoms with Gasteiger partial charge in [-0.1, -0.05) is 18.1 Å². The van der Waals surface area contributed by atoms with Crippen molar-refractivity contribution in [2.24, 2.45) is 0 Å². The molecule has 0 aromatic rings. The third kappa shape index (κ3) is 3.32. The highest BCUT2D eigenvalue weighted by molar-refractivity contribution is 5.08. The summed E-state index contributed by atoms with van der Waals surface area (Å²) in [7, 11) is 0. The maximum absolute atomic E-state index is 9.67. The van der Waals surface area contributed by atoms with Gasteiger partial charge >= 0.3 is 0 Å². The Labute approximate surface area is 92.3 Å². The van der Waals surface area contributed by atoms with Crippen LogP contribution >= 0.6 is 0 Å². The maximum atomic E-state index is 9.67. The van der Waals surface area contributed by atoms with Crippen LogP contribution in [0.25, 0.3) is 0 Å². The molecule has 2 nitrogen and oxygen atoms in total. The molecule has 1 heterocycles. The topological polar surface area (TPSA) is 29.5 Å². The highest BCUT2D eigenvalue weighted by Crippen LogP contribution is 2.28. The van der Waals surface area contributed by atoms with Crippen LogP contribution in [0.1, 0.15) is 51.9 Å². The lowest BCUT2D eigenvalue weighted by atomic mass is 10.0. The molecule has 2 rings (SSSR count). The molecule has 0 aromatic carbocycles. The zero-order valence-corrected chi connectivity index (χ0v) is 9.61. The summed E-state index contributed by atoms with van der Waals surface area (Å²) in [5.74, 6) is 0. The summed E-state index contributed by atoms with van der Waals surface area (Å²) in [4.78, 5) is 0. The number of hydrogen-bond donors (Lipinski definition) is 1. The average Bonchev–Trinajstić information content (AvgIpc) is 2.46. The lowest BCUT2D eigenvalue weighted by molar-refractivity contribution is 0.0558. The molecule has 2 aliphatic rings. The lowest BCUT2D eigenvalue weighted by Crippen LogP contribution is -2.10. The van der Waals surface area contributed by atoms with E-state index in [1.807, 2.05) is 0 Å². The van der Waals surface area contributed by atoms with Crippen molar-refractivity contribution in [1.29, 1.82) is 0 Å². The van der Waals surface area contributed by atoms with Crippen molar-refractivity contribution in [2.75, 3.05) is 0 Å². The van der Waals surface area contributed by atoms with Crippen molar-refractivity contribution in [3.05, 3.63) is 11.6 Å². The van der Waals surface area contributed by atoms with Crippen molar-refractivity contribution < 1.29 is 9.84 Å². The molecule has 1 aliphatic carbocycles. The number of rotatable bonds is 2. The Hall–Kier alpha value is -0.340. The van der Waals surface area contributed by atoms with Gasteiger partial charge in [-0.2, -0.15) is 0 Å². The Morgan fingerprint density at radius 3 is 2.93 bits per heavy atom. The molecule has 0 amide bonds. The monoisotopic (exact) mass is 210 g/mol. The second-order valence-corrected chi connectivity index (χ2v) is 4.99. The maximum Gasteiger partial charge on any atom is 0.0723 e. The van der Waals surface area contributed by atoms with Crippen molar-refractivity contribution in [1.82, 2.24) is 0 Å². The Kier molecular flexibility index (Phi) is 3.81. The smallest absolute Gasteiger partial charge is 0.0723 e. The van der Waals surface area contributed by atoms with Crippen LogP contribution in [0.4, 0.5) is 0 Å². The van der Waals surface area contributed by atoms with Gasteiger partial charge in [-0.15, -0.1) is 0 Å². The molecule has 15 heavy (non-hydrogen) atoms. The predicted molar refractivity (Wildman–Crippen MR) is 60.7 cm³/mol. The summed E-state index contributed by atoms with van der Waals surface area (Å²) in [6, 6.07) is 0. The number of aliphatic hydroxyl groups is 1. The lowest BCUT2D eigenvalue weighted by Gasteiger charge is -2.13. The zero-order valence-electron chi connectivity index (χ0n) is 9.61. The van der Waals surface area contributed by atoms with Gasteiger partial charge in [0, 0.05) is 0 Å². The highest BCUT2D eigenvalue weighted by Gasteiger charge is 2.23. The Balaban J connectivity index is 1.87. The third-order valence-electron chi connectivity index (χ3n) is 3.49. The first-order valence-corrected chi connectivity index (χ1v) is 6.27. The SMILES string of the molecule is CC1CCC(CC2=CC(O)CCCC2)O1. The number of aliphatic hydroxyl groups excluding tert-OH is 1. The minimum absolute atomic E-state index is 0.207. The van der Waals surface area contributed by atoms with Crippen LogP contribution < -0.4 is 0 Å². The van der Waals surface area contributed by atoms with Gasteiger partial charge in [-0.25, -0.2) is 0 Å². The fraction of sp³-hybridized carbons (Fsp3) is 0.846. The minimum atomic E-state index is -0.207. The minimum Gasteiger partial charge on any atom is -0.389 e. The Morgan fingerprint density at radius 1 is 1.33 bits per heavy atom. The van der Waals surface area contributed by atoms with E-state index in [0.717, 1.165) is 25.7 Å². The molecule has 0 aromatic heterocycles. The van der Waals surface area contributed by atoms with E-state index in [1.165, 1.54) is 24.8 Å². The largest absolute Gasteiger partial charge is 0.389 e. The van der Waals surface area contributed by atoms with E-state index in [2.05, 4.69) is 13.0 Å². The molecule has 0 saturated carbocycles. The zero-order chi connectivity index (χ0) is 10.7. The molecule has 1 aliphatic heterocycles. The second-order valence-electron chi connectivity index (χ2n) is 4.99. The Morgan fingerprint density at radius 2 is 2.20 bits per heavy atom. The van der Waals surface area contributed by atoms with Crippen LogP contribution in [0.5, 0.6) is 0 Å². The van der Waals surface area contributed by atoms with Crippen LogP contribution in [0, 0.1) is 0 Å². The van der Waals surface area contributed by atoms with Gasteiger partial charge < -0.3 is 9.84 Å². The summed E-state index contributed by atoms with van der Waals surface area (Å²) in [5.41, 5.74) is 1.42. The summed E-state index contributed by atoms with van der Waals surface area (Å²) in [6.07, 6.45) is 10.6. The number of ether oxygens (including phenoxy) is 1. The molecule has 0 bridgehead atoms. The van der Waals surface area contributed by atoms with E-state index < -0.39 is 0 Å². The van der Waals surface area contributed by atoms with Gasteiger partial charge in [0.15, 0.2) is 0 Å². The fourth-order valence-electron chi connectivity index (χ4n) is 2.64. The Bertz CT molecular complexity index is 235. The quantitative estimate of drug-likeness (QED) is 0.710. The van der Waals surface area contributed by atoms with Crippen LogP contribution in [0.15, 0.2) is 11.6 Å². The van der Waals surface area contributed by atoms with Gasteiger partial charge in [-0.05, 0) is 45.4 Å². The molecule has 0 spiro atoms. The molecule has 86 valence electrons. The van der Waals surface area contributed by atoms with Crippen LogP contribution in [0.3, 0.4) is 0 Å². The molecule has 1 fully saturated rings. The summed E-state index contributed by atoms with van der Waals surface area (Å²) in [5, 5.41) is 9.67. The number of hydrogen-bond acceptors (Lipinski definition) is 2. The van der Waals surface area contributed by atoms with Crippen molar-refractivity contribution in [3.8, 4) is 0 Å². The molecular weight excluding hydrogens is 188 g/mol. The molecule has 2 heteroatoms. The first-order valence-electron chi connectivity index (χ1n) is 6.27. The normalized spacial score (nSPS) is 37.5. The summed E-state index contributed by atoms with van der Waals surface area (Å²) < 4.78 is 5.82. The van der Waals surface area contributed by atoms with Gasteiger partial charge in [0.1, 0.15) is 0 Å². The molecule has 3 unspecified atom stereocenters. The van der Waals surface area contributed by atoms with E-state index in [1.54, 1.807) is 0 Å². The molecule has 3 atom stereocenters. The first kappa shape index (κ1) is 11.2. The van der Waals surface area contributed by atoms with Crippen LogP contribution in [-0.2, 0) is 4.74 Å². The van der Waals surface area contributed by atoms with Crippen molar-refractivity contribution >= 4 is 0 Å². The second kappa shape index (κ2) is 5.13. The van der Waals surface area contributed by atoms with Crippen molar-refractivity contribution in [3.63, 3.8) is 0 Å². The average molecular weight is 210 g/mol. The summed E-state index contributed by atoms with van der Waals surface area (Å²) >= 11 is 0. The van der Waals surface area contributed by atoms with Crippen molar-refractivity contribution in [2.45, 2.75) is 70.2 Å². The van der Waals surface area contributed by atoms with Gasteiger partial charge in [0.05, 0.1) is 18.3 Å². The first-order chi connectivity index (χ1) is 7.24. The van der Waals surface area contributed by atoms with E-state index in [-0.39, 0.29) is 6.10 Å². The molecule has 0 radical (unpaired) electrons. The van der Waals surface area contributed by atoms with Gasteiger partial charge in [-0.3, -0.25) is 0 Å². The van der Waals surface area contributed by atoms with Crippen LogP contribution in [0.2, 0.25) is 0 Å². The van der Waals surface area contributed by atoms with E-state index in [4.69, 9.17) is 4.74 Å². The third-order valence-corrected chi connectivity index (χ3v) is 3.49. The molecule has 1 saturated heterocycles. The van der Waals surface area contributed by atoms with E-state index >= 15 is 0 Å². The predicted octanol–water partition coefficient (Wildman–Crippen LogP) is 2.81. The standard InChI is InChI=1S/C13H22O2/c1-10-6-7-13(15-10)9-11-4-2-3-5-12(14)8-11/h8,10,12-14H,2-7,9H2,1H3. The van der Waals surface area contributed by atoms with Crippen LogP contribution in [-0.4, -0.2) is 23.4 Å². The molecular formula is C13H22O2. The fourth-order valence-corrected chi connectivity index (χ4v) is 2.64. The van der Waals surface area contributed by atoms with Gasteiger partial charge in [0.2, 0.25) is 0 Å². The summed E-state index contributed by atoms with van der Waals surface area (Å²) in [6.45, 7) is 2.15. The van der Waals surface area contributed by atoms with E-state index in [9.17, 15) is 5.11 Å². The van der Waals surface area contributed by atoms with E-state index in [0.29, 0.717) is 12.2 Å². The highest BCUT2D eigenvalue weighted by atomic mass is 16.5. The molecule has 1 N–H and O–H groups in total. The van der Waals surface area contributed by atoms with Gasteiger partial charge in [0.25, 0.3) is 0 Å².